The molecule has 1 saturated heterocycles. The normalized spacial score (nSPS) is 26.3. The molecule has 104 valence electrons. The number of hydrogen-bond acceptors (Lipinski definition) is 0. The van der Waals surface area contributed by atoms with Gasteiger partial charge in [-0.2, -0.15) is 0 Å². The monoisotopic (exact) mass is 474 g/mol. The van der Waals surface area contributed by atoms with Crippen molar-refractivity contribution in [2.24, 2.45) is 0 Å². The first-order chi connectivity index (χ1) is 7.69. The van der Waals surface area contributed by atoms with E-state index in [0.29, 0.717) is 6.04 Å². The molecule has 1 aromatic heterocycles. The molecule has 0 spiro atoms. The lowest BCUT2D eigenvalue weighted by atomic mass is 10.1. The minimum absolute atomic E-state index is 0. The maximum atomic E-state index is 2.40. The van der Waals surface area contributed by atoms with Gasteiger partial charge in [-0.05, 0) is 19.9 Å². The van der Waals surface area contributed by atoms with Gasteiger partial charge in [-0.15, -0.1) is 0 Å². The molecule has 2 rings (SSSR count). The van der Waals surface area contributed by atoms with Gasteiger partial charge in [-0.1, -0.05) is 0 Å². The summed E-state index contributed by atoms with van der Waals surface area (Å²) in [5, 5.41) is 0. The van der Waals surface area contributed by atoms with Crippen LogP contribution in [0.3, 0.4) is 0 Å². The summed E-state index contributed by atoms with van der Waals surface area (Å²) in [5.41, 5.74) is 1.52. The second kappa shape index (κ2) is 7.99. The van der Waals surface area contributed by atoms with E-state index in [1.54, 1.807) is 0 Å². The van der Waals surface area contributed by atoms with Crippen molar-refractivity contribution in [3.63, 3.8) is 0 Å². The van der Waals surface area contributed by atoms with Crippen LogP contribution < -0.4 is 52.5 Å². The van der Waals surface area contributed by atoms with Crippen LogP contribution in [0, 0.1) is 0 Å². The number of pyridine rings is 1. The Balaban J connectivity index is 0.00000144. The first-order valence-corrected chi connectivity index (χ1v) is 6.53. The molecule has 0 saturated carbocycles. The third kappa shape index (κ3) is 3.79. The molecule has 0 aromatic carbocycles. The molecular weight excluding hydrogens is 450 g/mol. The van der Waals surface area contributed by atoms with Crippen LogP contribution in [0.5, 0.6) is 0 Å². The van der Waals surface area contributed by atoms with Crippen LogP contribution >= 0.6 is 0 Å². The van der Waals surface area contributed by atoms with Crippen LogP contribution in [-0.4, -0.2) is 24.6 Å². The first kappa shape index (κ1) is 18.6. The minimum atomic E-state index is 0. The highest BCUT2D eigenvalue weighted by molar-refractivity contribution is 5.10. The Kier molecular flexibility index (Phi) is 8.24. The number of aryl methyl sites for hydroxylation is 1. The number of quaternary nitrogens is 1. The number of aromatic nitrogens is 1. The molecule has 2 heterocycles. The van der Waals surface area contributed by atoms with Crippen molar-refractivity contribution in [2.75, 3.05) is 20.1 Å². The van der Waals surface area contributed by atoms with E-state index in [2.05, 4.69) is 50.0 Å². The van der Waals surface area contributed by atoms with Gasteiger partial charge in [0.1, 0.15) is 12.6 Å². The molecule has 0 bridgehead atoms. The number of rotatable bonds is 3. The van der Waals surface area contributed by atoms with E-state index in [-0.39, 0.29) is 48.0 Å². The highest BCUT2D eigenvalue weighted by Crippen LogP contribution is 2.36. The summed E-state index contributed by atoms with van der Waals surface area (Å²) in [6.07, 6.45) is 7.21. The molecule has 2 atom stereocenters. The topological polar surface area (TPSA) is 3.88 Å². The Hall–Kier alpha value is 0.570. The average molecular weight is 474 g/mol. The highest BCUT2D eigenvalue weighted by Gasteiger charge is 2.38. The molecule has 0 N–H and O–H groups in total. The zero-order valence-electron chi connectivity index (χ0n) is 11.6. The van der Waals surface area contributed by atoms with Gasteiger partial charge in [0, 0.05) is 18.9 Å². The lowest BCUT2D eigenvalue weighted by Gasteiger charge is -2.34. The van der Waals surface area contributed by atoms with Crippen molar-refractivity contribution in [3.05, 3.63) is 30.1 Å². The number of nitrogens with zero attached hydrogens (tertiary/aromatic N) is 2. The molecule has 1 aromatic rings. The molecule has 18 heavy (non-hydrogen) atoms. The van der Waals surface area contributed by atoms with Gasteiger partial charge < -0.3 is 52.4 Å². The van der Waals surface area contributed by atoms with Crippen LogP contribution in [0.2, 0.25) is 0 Å². The average Bonchev–Trinajstić information content (AvgIpc) is 2.72. The number of likely N-dealkylation sites (tertiary alicyclic amines) is 1. The maximum absolute atomic E-state index is 2.40. The first-order valence-electron chi connectivity index (χ1n) is 6.53. The van der Waals surface area contributed by atoms with Crippen molar-refractivity contribution in [1.29, 1.82) is 0 Å². The van der Waals surface area contributed by atoms with E-state index in [0.717, 1.165) is 6.54 Å². The summed E-state index contributed by atoms with van der Waals surface area (Å²) in [5.74, 6) is 0. The summed E-state index contributed by atoms with van der Waals surface area (Å²) < 4.78 is 3.50. The van der Waals surface area contributed by atoms with Gasteiger partial charge in [-0.25, -0.2) is 4.57 Å². The van der Waals surface area contributed by atoms with Crippen LogP contribution in [0.1, 0.15) is 38.3 Å². The summed E-state index contributed by atoms with van der Waals surface area (Å²) in [6.45, 7) is 8.16. The molecule has 2 nitrogen and oxygen atoms in total. The van der Waals surface area contributed by atoms with E-state index in [1.807, 2.05) is 0 Å². The SMILES string of the molecule is CC[n+]1cccc(C2CCC[N+]2(C)CC)c1.[I-].[I-]. The van der Waals surface area contributed by atoms with E-state index in [1.165, 1.54) is 36.0 Å². The van der Waals surface area contributed by atoms with E-state index >= 15 is 0 Å². The Morgan fingerprint density at radius 3 is 2.67 bits per heavy atom. The summed E-state index contributed by atoms with van der Waals surface area (Å²) in [7, 11) is 2.40. The van der Waals surface area contributed by atoms with Gasteiger partial charge in [0.2, 0.25) is 0 Å². The molecule has 0 aliphatic carbocycles. The summed E-state index contributed by atoms with van der Waals surface area (Å²) in [4.78, 5) is 0. The van der Waals surface area contributed by atoms with Crippen molar-refractivity contribution in [1.82, 2.24) is 0 Å². The molecule has 1 aliphatic heterocycles. The highest BCUT2D eigenvalue weighted by atomic mass is 127. The third-order valence-electron chi connectivity index (χ3n) is 4.25. The zero-order valence-corrected chi connectivity index (χ0v) is 15.9. The van der Waals surface area contributed by atoms with Gasteiger partial charge in [-0.3, -0.25) is 0 Å². The fraction of sp³-hybridized carbons (Fsp3) is 0.643. The quantitative estimate of drug-likeness (QED) is 0.242. The van der Waals surface area contributed by atoms with Gasteiger partial charge in [0.15, 0.2) is 12.4 Å². The van der Waals surface area contributed by atoms with Crippen LogP contribution in [0.4, 0.5) is 0 Å². The predicted octanol–water partition coefficient (Wildman–Crippen LogP) is -3.70. The Morgan fingerprint density at radius 2 is 2.06 bits per heavy atom. The Bertz CT molecular complexity index is 371. The molecular formula is C14H24I2N2. The molecule has 4 heteroatoms. The van der Waals surface area contributed by atoms with Crippen molar-refractivity contribution in [2.45, 2.75) is 39.3 Å². The van der Waals surface area contributed by atoms with Crippen molar-refractivity contribution in [3.8, 4) is 0 Å². The number of hydrogen-bond donors (Lipinski definition) is 0. The Morgan fingerprint density at radius 1 is 1.33 bits per heavy atom. The molecule has 0 radical (unpaired) electrons. The lowest BCUT2D eigenvalue weighted by Crippen LogP contribution is -3.00. The molecule has 2 unspecified atom stereocenters. The molecule has 1 fully saturated rings. The minimum Gasteiger partial charge on any atom is -1.00 e. The van der Waals surface area contributed by atoms with Gasteiger partial charge in [0.05, 0.1) is 25.7 Å². The zero-order chi connectivity index (χ0) is 11.6. The second-order valence-electron chi connectivity index (χ2n) is 5.15. The van der Waals surface area contributed by atoms with Crippen LogP contribution in [-0.2, 0) is 6.54 Å². The Labute approximate surface area is 145 Å². The standard InChI is InChI=1S/C14H24N2.2HI/c1-4-15-10-6-8-13(12-15)14-9-7-11-16(14,3)5-2;;/h6,8,10,12,14H,4-5,7,9,11H2,1-3H3;2*1H/q+2;;/p-2. The van der Waals surface area contributed by atoms with E-state index in [4.69, 9.17) is 0 Å². The van der Waals surface area contributed by atoms with Crippen LogP contribution in [0.25, 0.3) is 0 Å². The van der Waals surface area contributed by atoms with E-state index < -0.39 is 0 Å². The largest absolute Gasteiger partial charge is 1.00 e. The molecule has 1 aliphatic rings. The van der Waals surface area contributed by atoms with E-state index in [9.17, 15) is 0 Å². The summed E-state index contributed by atoms with van der Waals surface area (Å²) >= 11 is 0. The van der Waals surface area contributed by atoms with Crippen LogP contribution in [0.15, 0.2) is 24.5 Å². The molecule has 0 amide bonds. The van der Waals surface area contributed by atoms with Crippen molar-refractivity contribution < 1.29 is 57.0 Å². The number of halogens is 2. The lowest BCUT2D eigenvalue weighted by molar-refractivity contribution is -0.925. The smallest absolute Gasteiger partial charge is 0.177 e. The predicted molar refractivity (Wildman–Crippen MR) is 65.9 cm³/mol. The van der Waals surface area contributed by atoms with Gasteiger partial charge >= 0.3 is 0 Å². The maximum Gasteiger partial charge on any atom is 0.177 e. The van der Waals surface area contributed by atoms with Crippen molar-refractivity contribution >= 4 is 0 Å². The summed E-state index contributed by atoms with van der Waals surface area (Å²) in [6, 6.07) is 5.20. The fourth-order valence-electron chi connectivity index (χ4n) is 2.95. The van der Waals surface area contributed by atoms with Gasteiger partial charge in [0.25, 0.3) is 0 Å². The third-order valence-corrected chi connectivity index (χ3v) is 4.25. The fourth-order valence-corrected chi connectivity index (χ4v) is 2.95. The second-order valence-corrected chi connectivity index (χ2v) is 5.15.